The minimum Gasteiger partial charge on any atom is -0.287 e. The van der Waals surface area contributed by atoms with Crippen molar-refractivity contribution in [1.29, 1.82) is 0 Å². The second-order valence-electron chi connectivity index (χ2n) is 8.78. The van der Waals surface area contributed by atoms with Crippen LogP contribution in [0.25, 0.3) is 21.8 Å². The number of aromatic nitrogens is 4. The zero-order valence-electron chi connectivity index (χ0n) is 23.0. The van der Waals surface area contributed by atoms with E-state index >= 15 is 0 Å². The molecule has 0 spiro atoms. The Bertz CT molecular complexity index is 1890. The number of halogens is 3. The predicted octanol–water partition coefficient (Wildman–Crippen LogP) is 7.88. The van der Waals surface area contributed by atoms with E-state index in [9.17, 15) is 9.59 Å². The lowest BCUT2D eigenvalue weighted by atomic mass is 10.1. The van der Waals surface area contributed by atoms with Crippen molar-refractivity contribution in [2.45, 2.75) is 0 Å². The van der Waals surface area contributed by atoms with E-state index in [2.05, 4.69) is 41.9 Å². The van der Waals surface area contributed by atoms with Gasteiger partial charge in [-0.3, -0.25) is 34.4 Å². The standard InChI is InChI=1S/C15H9ClN2O.C9H6BrN.C8H9ClN2O2/c16-12-5-7-18-14(9-12)15(19)11-3-4-13-10(8-11)2-1-6-17-13;10-8-3-4-9-7(6-8)2-1-5-11-9;1-11(13-2)8(12)7-5-6(9)3-4-10-7/h1-9H;1-6H;3-5H,1-2H3. The highest BCUT2D eigenvalue weighted by molar-refractivity contribution is 9.10. The second kappa shape index (κ2) is 15.3. The number of hydrogen-bond acceptors (Lipinski definition) is 7. The van der Waals surface area contributed by atoms with E-state index in [1.54, 1.807) is 36.7 Å². The number of benzene rings is 2. The Hall–Kier alpha value is -4.28. The molecule has 0 saturated heterocycles. The highest BCUT2D eigenvalue weighted by Crippen LogP contribution is 2.18. The van der Waals surface area contributed by atoms with Gasteiger partial charge in [-0.2, -0.15) is 0 Å². The average molecular weight is 677 g/mol. The zero-order chi connectivity index (χ0) is 30.8. The fraction of sp³-hybridized carbons (Fsp3) is 0.0625. The van der Waals surface area contributed by atoms with Crippen LogP contribution in [0.2, 0.25) is 10.0 Å². The molecular formula is C32H24BrCl2N5O3. The van der Waals surface area contributed by atoms with Crippen molar-refractivity contribution >= 4 is 72.6 Å². The Balaban J connectivity index is 0.000000155. The summed E-state index contributed by atoms with van der Waals surface area (Å²) in [6.07, 6.45) is 6.52. The maximum absolute atomic E-state index is 12.3. The summed E-state index contributed by atoms with van der Waals surface area (Å²) in [7, 11) is 2.91. The van der Waals surface area contributed by atoms with Crippen LogP contribution < -0.4 is 0 Å². The molecule has 43 heavy (non-hydrogen) atoms. The number of carbonyl (C=O) groups is 2. The van der Waals surface area contributed by atoms with Gasteiger partial charge in [0, 0.05) is 62.7 Å². The van der Waals surface area contributed by atoms with Crippen LogP contribution in [0, 0.1) is 0 Å². The van der Waals surface area contributed by atoms with Gasteiger partial charge in [-0.05, 0) is 72.8 Å². The molecule has 0 aliphatic heterocycles. The van der Waals surface area contributed by atoms with Crippen LogP contribution in [0.3, 0.4) is 0 Å². The van der Waals surface area contributed by atoms with Gasteiger partial charge in [-0.15, -0.1) is 0 Å². The van der Waals surface area contributed by atoms with Crippen LogP contribution >= 0.6 is 39.1 Å². The number of pyridine rings is 4. The minimum absolute atomic E-state index is 0.145. The van der Waals surface area contributed by atoms with E-state index in [-0.39, 0.29) is 17.4 Å². The summed E-state index contributed by atoms with van der Waals surface area (Å²) in [6.45, 7) is 0. The molecule has 0 atom stereocenters. The summed E-state index contributed by atoms with van der Waals surface area (Å²) in [5.74, 6) is -0.474. The molecule has 4 aromatic heterocycles. The van der Waals surface area contributed by atoms with Gasteiger partial charge in [0.05, 0.1) is 18.1 Å². The van der Waals surface area contributed by atoms with Crippen LogP contribution in [0.4, 0.5) is 0 Å². The second-order valence-corrected chi connectivity index (χ2v) is 10.6. The zero-order valence-corrected chi connectivity index (χ0v) is 26.1. The number of hydroxylamine groups is 2. The highest BCUT2D eigenvalue weighted by atomic mass is 79.9. The largest absolute Gasteiger partial charge is 0.295 e. The van der Waals surface area contributed by atoms with Crippen molar-refractivity contribution in [1.82, 2.24) is 25.0 Å². The van der Waals surface area contributed by atoms with E-state index in [4.69, 9.17) is 28.0 Å². The van der Waals surface area contributed by atoms with Gasteiger partial charge in [0.15, 0.2) is 0 Å². The van der Waals surface area contributed by atoms with Crippen molar-refractivity contribution in [2.75, 3.05) is 14.2 Å². The van der Waals surface area contributed by atoms with Crippen LogP contribution in [0.1, 0.15) is 26.5 Å². The van der Waals surface area contributed by atoms with Crippen molar-refractivity contribution in [2.24, 2.45) is 0 Å². The maximum atomic E-state index is 12.3. The molecule has 0 fully saturated rings. The lowest BCUT2D eigenvalue weighted by Gasteiger charge is -2.12. The molecule has 0 aliphatic carbocycles. The smallest absolute Gasteiger partial charge is 0.287 e. The van der Waals surface area contributed by atoms with Crippen molar-refractivity contribution in [3.63, 3.8) is 0 Å². The van der Waals surface area contributed by atoms with Crippen LogP contribution in [0.5, 0.6) is 0 Å². The molecule has 0 aliphatic rings. The molecule has 6 aromatic rings. The summed E-state index contributed by atoms with van der Waals surface area (Å²) in [5.41, 5.74) is 3.08. The first-order valence-electron chi connectivity index (χ1n) is 12.7. The number of hydrogen-bond donors (Lipinski definition) is 0. The number of ketones is 1. The fourth-order valence-electron chi connectivity index (χ4n) is 3.71. The molecule has 4 heterocycles. The number of amides is 1. The van der Waals surface area contributed by atoms with E-state index < -0.39 is 0 Å². The highest BCUT2D eigenvalue weighted by Gasteiger charge is 2.13. The predicted molar refractivity (Wildman–Crippen MR) is 172 cm³/mol. The van der Waals surface area contributed by atoms with E-state index in [0.717, 1.165) is 26.0 Å². The van der Waals surface area contributed by atoms with Gasteiger partial charge in [0.2, 0.25) is 5.78 Å². The minimum atomic E-state index is -0.329. The average Bonchev–Trinajstić information content (AvgIpc) is 3.04. The van der Waals surface area contributed by atoms with Crippen LogP contribution in [0.15, 0.2) is 114 Å². The van der Waals surface area contributed by atoms with Crippen molar-refractivity contribution < 1.29 is 14.4 Å². The summed E-state index contributed by atoms with van der Waals surface area (Å²) in [5, 5.41) is 4.15. The summed E-state index contributed by atoms with van der Waals surface area (Å²) in [6, 6.07) is 25.5. The molecule has 216 valence electrons. The Kier molecular flexibility index (Phi) is 11.2. The third-order valence-corrected chi connectivity index (χ3v) is 6.85. The maximum Gasteiger partial charge on any atom is 0.295 e. The Morgan fingerprint density at radius 2 is 1.26 bits per heavy atom. The molecule has 8 nitrogen and oxygen atoms in total. The van der Waals surface area contributed by atoms with Gasteiger partial charge >= 0.3 is 0 Å². The van der Waals surface area contributed by atoms with Crippen LogP contribution in [-0.4, -0.2) is 50.8 Å². The SMILES string of the molecule is Brc1ccc2ncccc2c1.CON(C)C(=O)c1cc(Cl)ccn1.O=C(c1ccc2ncccc2c1)c1cc(Cl)ccn1. The summed E-state index contributed by atoms with van der Waals surface area (Å²) in [4.78, 5) is 44.7. The molecule has 1 amide bonds. The number of carbonyl (C=O) groups excluding carboxylic acids is 2. The van der Waals surface area contributed by atoms with E-state index in [1.165, 1.54) is 38.0 Å². The lowest BCUT2D eigenvalue weighted by molar-refractivity contribution is -0.0760. The molecule has 0 unspecified atom stereocenters. The topological polar surface area (TPSA) is 98.2 Å². The van der Waals surface area contributed by atoms with E-state index in [0.29, 0.717) is 21.3 Å². The van der Waals surface area contributed by atoms with Gasteiger partial charge in [0.25, 0.3) is 5.91 Å². The molecule has 0 N–H and O–H groups in total. The molecule has 0 bridgehead atoms. The Morgan fingerprint density at radius 3 is 1.86 bits per heavy atom. The molecular weight excluding hydrogens is 653 g/mol. The van der Waals surface area contributed by atoms with Crippen molar-refractivity contribution in [3.8, 4) is 0 Å². The van der Waals surface area contributed by atoms with E-state index in [1.807, 2.05) is 48.5 Å². The van der Waals surface area contributed by atoms with Crippen LogP contribution in [-0.2, 0) is 4.84 Å². The van der Waals surface area contributed by atoms with Gasteiger partial charge in [0.1, 0.15) is 11.4 Å². The number of fused-ring (bicyclic) bond motifs is 2. The molecule has 0 radical (unpaired) electrons. The molecule has 0 saturated carbocycles. The lowest BCUT2D eigenvalue weighted by Crippen LogP contribution is -2.26. The summed E-state index contributed by atoms with van der Waals surface area (Å²) >= 11 is 15.0. The first-order chi connectivity index (χ1) is 20.7. The first-order valence-corrected chi connectivity index (χ1v) is 14.2. The first kappa shape index (κ1) is 31.7. The van der Waals surface area contributed by atoms with Gasteiger partial charge < -0.3 is 0 Å². The molecule has 11 heteroatoms. The number of rotatable bonds is 4. The Labute approximate surface area is 266 Å². The van der Waals surface area contributed by atoms with Crippen molar-refractivity contribution in [3.05, 3.63) is 141 Å². The quantitative estimate of drug-likeness (QED) is 0.138. The van der Waals surface area contributed by atoms with Gasteiger partial charge in [-0.1, -0.05) is 51.3 Å². The molecule has 2 aromatic carbocycles. The summed E-state index contributed by atoms with van der Waals surface area (Å²) < 4.78 is 1.10. The normalized spacial score (nSPS) is 10.3. The third-order valence-electron chi connectivity index (χ3n) is 5.89. The molecule has 6 rings (SSSR count). The number of nitrogens with zero attached hydrogens (tertiary/aromatic N) is 5. The van der Waals surface area contributed by atoms with Gasteiger partial charge in [-0.25, -0.2) is 5.06 Å². The Morgan fingerprint density at radius 1 is 0.698 bits per heavy atom. The monoisotopic (exact) mass is 675 g/mol. The fourth-order valence-corrected chi connectivity index (χ4v) is 4.40. The third kappa shape index (κ3) is 8.86.